The molecule has 0 saturated heterocycles. The number of carbonyl (C=O) groups is 2. The third-order valence-electron chi connectivity index (χ3n) is 6.08. The zero-order chi connectivity index (χ0) is 25.5. The van der Waals surface area contributed by atoms with E-state index in [9.17, 15) is 19.1 Å². The predicted octanol–water partition coefficient (Wildman–Crippen LogP) is 3.21. The molecule has 3 atom stereocenters. The molecule has 4 N–H and O–H groups in total. The zero-order valence-electron chi connectivity index (χ0n) is 19.5. The first-order chi connectivity index (χ1) is 17.4. The third-order valence-corrected chi connectivity index (χ3v) is 6.08. The van der Waals surface area contributed by atoms with Crippen LogP contribution in [-0.4, -0.2) is 39.0 Å². The molecule has 0 bridgehead atoms. The van der Waals surface area contributed by atoms with Crippen molar-refractivity contribution in [2.75, 3.05) is 0 Å². The molecule has 0 spiro atoms. The molecule has 0 saturated carbocycles. The molecule has 0 fully saturated rings. The molecule has 4 aromatic rings. The summed E-state index contributed by atoms with van der Waals surface area (Å²) in [5.74, 6) is -2.15. The summed E-state index contributed by atoms with van der Waals surface area (Å²) in [4.78, 5) is 33.9. The summed E-state index contributed by atoms with van der Waals surface area (Å²) in [6.45, 7) is 0. The van der Waals surface area contributed by atoms with Crippen molar-refractivity contribution in [2.45, 2.75) is 31.4 Å². The number of primary amides is 1. The molecule has 0 aliphatic rings. The molecule has 1 aromatic heterocycles. The standard InChI is InChI=1S/C28H27FN4O3/c29-21-12-10-19(11-13-21)14-20(27(30)35)16-26(34)24(15-18-6-2-1-3-7-18)33-28(36)25-17-31-22-8-4-5-9-23(22)32-25/h1-13,17,20,24,26,34H,14-16H2,(H2,30,35)(H,33,36)/t20-,24+,26+/m1/s1. The van der Waals surface area contributed by atoms with E-state index in [1.165, 1.54) is 18.3 Å². The maximum Gasteiger partial charge on any atom is 0.271 e. The van der Waals surface area contributed by atoms with Crippen molar-refractivity contribution in [3.63, 3.8) is 0 Å². The molecule has 3 aromatic carbocycles. The van der Waals surface area contributed by atoms with Gasteiger partial charge in [0, 0.05) is 5.92 Å². The van der Waals surface area contributed by atoms with E-state index in [1.54, 1.807) is 24.3 Å². The summed E-state index contributed by atoms with van der Waals surface area (Å²) >= 11 is 0. The summed E-state index contributed by atoms with van der Waals surface area (Å²) in [6.07, 6.45) is 0.907. The Morgan fingerprint density at radius 1 is 0.889 bits per heavy atom. The second-order valence-electron chi connectivity index (χ2n) is 8.75. The Morgan fingerprint density at radius 3 is 2.22 bits per heavy atom. The quantitative estimate of drug-likeness (QED) is 0.318. The highest BCUT2D eigenvalue weighted by Crippen LogP contribution is 2.19. The average molecular weight is 487 g/mol. The van der Waals surface area contributed by atoms with E-state index in [2.05, 4.69) is 15.3 Å². The number of aliphatic hydroxyl groups is 1. The highest BCUT2D eigenvalue weighted by atomic mass is 19.1. The highest BCUT2D eigenvalue weighted by Gasteiger charge is 2.28. The fraction of sp³-hybridized carbons (Fsp3) is 0.214. The SMILES string of the molecule is NC(=O)[C@H](Cc1ccc(F)cc1)C[C@H](O)[C@H](Cc1ccccc1)NC(=O)c1cnc2ccccc2n1. The zero-order valence-corrected chi connectivity index (χ0v) is 19.5. The molecule has 0 aliphatic heterocycles. The summed E-state index contributed by atoms with van der Waals surface area (Å²) in [5, 5.41) is 14.0. The molecule has 0 aliphatic carbocycles. The van der Waals surface area contributed by atoms with Gasteiger partial charge in [-0.05, 0) is 54.7 Å². The summed E-state index contributed by atoms with van der Waals surface area (Å²) in [6, 6.07) is 21.7. The van der Waals surface area contributed by atoms with Gasteiger partial charge in [0.25, 0.3) is 5.91 Å². The minimum atomic E-state index is -1.08. The number of aliphatic hydroxyl groups excluding tert-OH is 1. The number of nitrogens with zero attached hydrogens (tertiary/aromatic N) is 2. The van der Waals surface area contributed by atoms with Gasteiger partial charge in [0.05, 0.1) is 29.4 Å². The molecular weight excluding hydrogens is 459 g/mol. The van der Waals surface area contributed by atoms with Crippen LogP contribution in [0.1, 0.15) is 28.0 Å². The van der Waals surface area contributed by atoms with Crippen LogP contribution < -0.4 is 11.1 Å². The number of carbonyl (C=O) groups excluding carboxylic acids is 2. The van der Waals surface area contributed by atoms with Gasteiger partial charge in [0.1, 0.15) is 11.5 Å². The molecule has 184 valence electrons. The van der Waals surface area contributed by atoms with Crippen LogP contribution in [0.4, 0.5) is 4.39 Å². The third kappa shape index (κ3) is 6.49. The molecule has 7 nitrogen and oxygen atoms in total. The molecule has 36 heavy (non-hydrogen) atoms. The van der Waals surface area contributed by atoms with Crippen molar-refractivity contribution in [3.05, 3.63) is 108 Å². The number of halogens is 1. The van der Waals surface area contributed by atoms with Crippen LogP contribution in [0.3, 0.4) is 0 Å². The molecule has 0 radical (unpaired) electrons. The second-order valence-corrected chi connectivity index (χ2v) is 8.75. The van der Waals surface area contributed by atoms with E-state index < -0.39 is 29.9 Å². The fourth-order valence-corrected chi connectivity index (χ4v) is 4.12. The molecule has 4 rings (SSSR count). The van der Waals surface area contributed by atoms with Gasteiger partial charge in [-0.15, -0.1) is 0 Å². The maximum absolute atomic E-state index is 13.3. The van der Waals surface area contributed by atoms with Gasteiger partial charge in [0.15, 0.2) is 0 Å². The Hall–Kier alpha value is -4.17. The summed E-state index contributed by atoms with van der Waals surface area (Å²) < 4.78 is 13.3. The number of nitrogens with one attached hydrogen (secondary N) is 1. The van der Waals surface area contributed by atoms with Gasteiger partial charge in [-0.25, -0.2) is 9.37 Å². The van der Waals surface area contributed by atoms with Crippen LogP contribution >= 0.6 is 0 Å². The van der Waals surface area contributed by atoms with Crippen molar-refractivity contribution in [3.8, 4) is 0 Å². The number of nitrogens with two attached hydrogens (primary N) is 1. The van der Waals surface area contributed by atoms with Crippen molar-refractivity contribution in [1.29, 1.82) is 0 Å². The van der Waals surface area contributed by atoms with Crippen LogP contribution in [0, 0.1) is 11.7 Å². The number of aromatic nitrogens is 2. The molecule has 2 amide bonds. The minimum absolute atomic E-state index is 0.0217. The van der Waals surface area contributed by atoms with Crippen LogP contribution in [0.15, 0.2) is 85.1 Å². The summed E-state index contributed by atoms with van der Waals surface area (Å²) in [7, 11) is 0. The normalized spacial score (nSPS) is 13.6. The van der Waals surface area contributed by atoms with Crippen LogP contribution in [-0.2, 0) is 17.6 Å². The Kier molecular flexibility index (Phi) is 7.97. The number of para-hydroxylation sites is 2. The molecular formula is C28H27FN4O3. The van der Waals surface area contributed by atoms with E-state index >= 15 is 0 Å². The largest absolute Gasteiger partial charge is 0.391 e. The number of amides is 2. The lowest BCUT2D eigenvalue weighted by atomic mass is 9.89. The first-order valence-electron chi connectivity index (χ1n) is 11.7. The number of fused-ring (bicyclic) bond motifs is 1. The highest BCUT2D eigenvalue weighted by molar-refractivity contribution is 5.94. The van der Waals surface area contributed by atoms with E-state index in [0.717, 1.165) is 11.1 Å². The second kappa shape index (κ2) is 11.5. The lowest BCUT2D eigenvalue weighted by Gasteiger charge is -2.27. The van der Waals surface area contributed by atoms with Crippen LogP contribution in [0.5, 0.6) is 0 Å². The van der Waals surface area contributed by atoms with Crippen molar-refractivity contribution in [2.24, 2.45) is 11.7 Å². The molecule has 1 heterocycles. The Bertz CT molecular complexity index is 1330. The number of rotatable bonds is 10. The smallest absolute Gasteiger partial charge is 0.271 e. The monoisotopic (exact) mass is 486 g/mol. The Balaban J connectivity index is 1.53. The van der Waals surface area contributed by atoms with Gasteiger partial charge in [-0.1, -0.05) is 54.6 Å². The minimum Gasteiger partial charge on any atom is -0.391 e. The Labute approximate surface area is 208 Å². The fourth-order valence-electron chi connectivity index (χ4n) is 4.12. The predicted molar refractivity (Wildman–Crippen MR) is 134 cm³/mol. The van der Waals surface area contributed by atoms with E-state index in [-0.39, 0.29) is 24.4 Å². The number of hydrogen-bond acceptors (Lipinski definition) is 5. The van der Waals surface area contributed by atoms with Gasteiger partial charge < -0.3 is 16.2 Å². The first-order valence-corrected chi connectivity index (χ1v) is 11.7. The molecule has 0 unspecified atom stereocenters. The summed E-state index contributed by atoms with van der Waals surface area (Å²) in [5.41, 5.74) is 8.63. The van der Waals surface area contributed by atoms with Gasteiger partial charge in [0.2, 0.25) is 5.91 Å². The average Bonchev–Trinajstić information content (AvgIpc) is 2.89. The van der Waals surface area contributed by atoms with E-state index in [1.807, 2.05) is 42.5 Å². The topological polar surface area (TPSA) is 118 Å². The number of benzene rings is 3. The van der Waals surface area contributed by atoms with Gasteiger partial charge in [-0.3, -0.25) is 14.6 Å². The first kappa shape index (κ1) is 24.9. The lowest BCUT2D eigenvalue weighted by Crippen LogP contribution is -2.46. The van der Waals surface area contributed by atoms with Crippen LogP contribution in [0.25, 0.3) is 11.0 Å². The van der Waals surface area contributed by atoms with Crippen molar-refractivity contribution >= 4 is 22.8 Å². The van der Waals surface area contributed by atoms with Crippen molar-refractivity contribution in [1.82, 2.24) is 15.3 Å². The van der Waals surface area contributed by atoms with Crippen LogP contribution in [0.2, 0.25) is 0 Å². The van der Waals surface area contributed by atoms with Gasteiger partial charge in [-0.2, -0.15) is 0 Å². The van der Waals surface area contributed by atoms with Crippen molar-refractivity contribution < 1.29 is 19.1 Å². The number of hydrogen-bond donors (Lipinski definition) is 3. The molecule has 8 heteroatoms. The Morgan fingerprint density at radius 2 is 1.53 bits per heavy atom. The lowest BCUT2D eigenvalue weighted by molar-refractivity contribution is -0.122. The maximum atomic E-state index is 13.3. The van der Waals surface area contributed by atoms with Gasteiger partial charge >= 0.3 is 0 Å². The van der Waals surface area contributed by atoms with E-state index in [4.69, 9.17) is 5.73 Å². The van der Waals surface area contributed by atoms with E-state index in [0.29, 0.717) is 17.5 Å².